The van der Waals surface area contributed by atoms with Gasteiger partial charge in [-0.2, -0.15) is 0 Å². The van der Waals surface area contributed by atoms with E-state index in [1.165, 1.54) is 0 Å². The molecule has 1 aliphatic rings. The molecule has 1 amide bonds. The Balaban J connectivity index is 0.00000529. The topological polar surface area (TPSA) is 90.9 Å². The molecule has 1 unspecified atom stereocenters. The number of alkyl carbamates (subject to hydrolysis) is 1. The van der Waals surface area contributed by atoms with E-state index in [2.05, 4.69) is 5.32 Å². The Morgan fingerprint density at radius 2 is 1.83 bits per heavy atom. The third-order valence-corrected chi connectivity index (χ3v) is 3.25. The molecule has 0 aliphatic heterocycles. The van der Waals surface area contributed by atoms with Crippen LogP contribution in [-0.2, 0) is 23.8 Å². The fourth-order valence-corrected chi connectivity index (χ4v) is 1.95. The van der Waals surface area contributed by atoms with E-state index in [0.717, 1.165) is 12.0 Å². The van der Waals surface area contributed by atoms with Gasteiger partial charge >= 0.3 is 18.0 Å². The SMILES string of the molecule is CCOC(=O)C(NC(=O)OCC1=CC=CCC1C)C(=O)OCC.[HH]. The van der Waals surface area contributed by atoms with Crippen LogP contribution in [0.15, 0.2) is 23.8 Å². The number of ether oxygens (including phenoxy) is 3. The molecule has 0 spiro atoms. The van der Waals surface area contributed by atoms with E-state index in [1.807, 2.05) is 25.2 Å². The highest BCUT2D eigenvalue weighted by atomic mass is 16.6. The van der Waals surface area contributed by atoms with Crippen LogP contribution in [0.5, 0.6) is 0 Å². The van der Waals surface area contributed by atoms with Crippen molar-refractivity contribution in [2.45, 2.75) is 33.2 Å². The van der Waals surface area contributed by atoms with Gasteiger partial charge in [0.25, 0.3) is 0 Å². The maximum atomic E-state index is 11.8. The molecular weight excluding hydrogens is 302 g/mol. The van der Waals surface area contributed by atoms with Crippen molar-refractivity contribution in [3.63, 3.8) is 0 Å². The molecular formula is C16H25NO6. The highest BCUT2D eigenvalue weighted by Crippen LogP contribution is 2.19. The lowest BCUT2D eigenvalue weighted by Crippen LogP contribution is -2.48. The number of esters is 2. The van der Waals surface area contributed by atoms with Crippen LogP contribution >= 0.6 is 0 Å². The molecule has 0 aromatic heterocycles. The second kappa shape index (κ2) is 9.66. The molecule has 0 saturated carbocycles. The van der Waals surface area contributed by atoms with Crippen molar-refractivity contribution in [2.24, 2.45) is 5.92 Å². The molecule has 0 radical (unpaired) electrons. The highest BCUT2D eigenvalue weighted by Gasteiger charge is 2.32. The summed E-state index contributed by atoms with van der Waals surface area (Å²) in [5.41, 5.74) is 0.964. The number of hydrogen-bond donors (Lipinski definition) is 1. The molecule has 0 bridgehead atoms. The molecule has 0 saturated heterocycles. The van der Waals surface area contributed by atoms with Crippen LogP contribution in [0.4, 0.5) is 4.79 Å². The summed E-state index contributed by atoms with van der Waals surface area (Å²) < 4.78 is 14.6. The summed E-state index contributed by atoms with van der Waals surface area (Å²) in [6, 6.07) is -1.53. The molecule has 7 nitrogen and oxygen atoms in total. The first-order valence-corrected chi connectivity index (χ1v) is 7.61. The zero-order valence-corrected chi connectivity index (χ0v) is 13.7. The smallest absolute Gasteiger partial charge is 0.408 e. The summed E-state index contributed by atoms with van der Waals surface area (Å²) in [5.74, 6) is -1.48. The Kier molecular flexibility index (Phi) is 7.87. The molecule has 0 aromatic carbocycles. The van der Waals surface area contributed by atoms with Crippen LogP contribution in [0.25, 0.3) is 0 Å². The minimum Gasteiger partial charge on any atom is -0.464 e. The Hall–Kier alpha value is -2.31. The number of carbonyl (C=O) groups is 3. The van der Waals surface area contributed by atoms with Gasteiger partial charge in [0, 0.05) is 1.43 Å². The van der Waals surface area contributed by atoms with Gasteiger partial charge in [-0.3, -0.25) is 5.32 Å². The molecule has 23 heavy (non-hydrogen) atoms. The average molecular weight is 327 g/mol. The van der Waals surface area contributed by atoms with Gasteiger partial charge in [-0.15, -0.1) is 0 Å². The predicted octanol–water partition coefficient (Wildman–Crippen LogP) is 1.98. The van der Waals surface area contributed by atoms with Gasteiger partial charge in [0.05, 0.1) is 13.2 Å². The quantitative estimate of drug-likeness (QED) is 0.437. The van der Waals surface area contributed by atoms with Gasteiger partial charge in [-0.25, -0.2) is 14.4 Å². The minimum atomic E-state index is -1.53. The van der Waals surface area contributed by atoms with Crippen LogP contribution in [0.2, 0.25) is 0 Å². The van der Waals surface area contributed by atoms with Crippen LogP contribution in [0, 0.1) is 5.92 Å². The van der Waals surface area contributed by atoms with Crippen molar-refractivity contribution < 1.29 is 30.0 Å². The van der Waals surface area contributed by atoms with E-state index < -0.39 is 24.1 Å². The van der Waals surface area contributed by atoms with Crippen LogP contribution in [-0.4, -0.2) is 43.9 Å². The van der Waals surface area contributed by atoms with E-state index in [1.54, 1.807) is 13.8 Å². The molecule has 0 aromatic rings. The minimum absolute atomic E-state index is 0. The van der Waals surface area contributed by atoms with Crippen molar-refractivity contribution in [3.05, 3.63) is 23.8 Å². The lowest BCUT2D eigenvalue weighted by Gasteiger charge is -2.19. The van der Waals surface area contributed by atoms with Gasteiger partial charge in [-0.05, 0) is 31.8 Å². The molecule has 1 N–H and O–H groups in total. The maximum absolute atomic E-state index is 11.8. The fourth-order valence-electron chi connectivity index (χ4n) is 1.95. The Morgan fingerprint density at radius 1 is 1.22 bits per heavy atom. The molecule has 0 fully saturated rings. The van der Waals surface area contributed by atoms with Gasteiger partial charge in [-0.1, -0.05) is 25.2 Å². The second-order valence-electron chi connectivity index (χ2n) is 4.96. The largest absolute Gasteiger partial charge is 0.464 e. The first-order valence-electron chi connectivity index (χ1n) is 7.61. The molecule has 1 aliphatic carbocycles. The van der Waals surface area contributed by atoms with Crippen LogP contribution in [0.1, 0.15) is 28.6 Å². The molecule has 7 heteroatoms. The Labute approximate surface area is 137 Å². The van der Waals surface area contributed by atoms with E-state index in [4.69, 9.17) is 14.2 Å². The Morgan fingerprint density at radius 3 is 2.35 bits per heavy atom. The van der Waals surface area contributed by atoms with E-state index in [-0.39, 0.29) is 27.2 Å². The molecule has 1 atom stereocenters. The summed E-state index contributed by atoms with van der Waals surface area (Å²) in [5, 5.41) is 2.19. The first kappa shape index (κ1) is 18.7. The first-order chi connectivity index (χ1) is 11.0. The highest BCUT2D eigenvalue weighted by molar-refractivity contribution is 6.01. The van der Waals surface area contributed by atoms with Gasteiger partial charge in [0.15, 0.2) is 0 Å². The predicted molar refractivity (Wildman–Crippen MR) is 84.7 cm³/mol. The Bertz CT molecular complexity index is 485. The number of allylic oxidation sites excluding steroid dienone is 3. The summed E-state index contributed by atoms with van der Waals surface area (Å²) in [6.45, 7) is 5.49. The average Bonchev–Trinajstić information content (AvgIpc) is 2.52. The third-order valence-electron chi connectivity index (χ3n) is 3.25. The maximum Gasteiger partial charge on any atom is 0.408 e. The second-order valence-corrected chi connectivity index (χ2v) is 4.96. The normalized spacial score (nSPS) is 16.5. The van der Waals surface area contributed by atoms with Crippen molar-refractivity contribution in [1.29, 1.82) is 0 Å². The number of carbonyl (C=O) groups excluding carboxylic acids is 3. The van der Waals surface area contributed by atoms with Crippen molar-refractivity contribution in [1.82, 2.24) is 5.32 Å². The molecule has 0 heterocycles. The van der Waals surface area contributed by atoms with Crippen molar-refractivity contribution >= 4 is 18.0 Å². The van der Waals surface area contributed by atoms with E-state index in [0.29, 0.717) is 0 Å². The summed E-state index contributed by atoms with van der Waals surface area (Å²) in [4.78, 5) is 35.3. The van der Waals surface area contributed by atoms with Crippen molar-refractivity contribution in [3.8, 4) is 0 Å². The van der Waals surface area contributed by atoms with Gasteiger partial charge < -0.3 is 14.2 Å². The van der Waals surface area contributed by atoms with Crippen molar-refractivity contribution in [2.75, 3.05) is 19.8 Å². The van der Waals surface area contributed by atoms with E-state index in [9.17, 15) is 14.4 Å². The number of rotatable bonds is 7. The van der Waals surface area contributed by atoms with Crippen LogP contribution < -0.4 is 5.32 Å². The third kappa shape index (κ3) is 6.14. The standard InChI is InChI=1S/C16H23NO6.H2/c1-4-21-14(18)13(15(19)22-5-2)17-16(20)23-10-12-9-7-6-8-11(12)3;/h6-7,9,11,13H,4-5,8,10H2,1-3H3,(H,17,20);1H. The number of amides is 1. The lowest BCUT2D eigenvalue weighted by molar-refractivity contribution is -0.157. The zero-order valence-electron chi connectivity index (χ0n) is 13.7. The van der Waals surface area contributed by atoms with Crippen LogP contribution in [0.3, 0.4) is 0 Å². The summed E-state index contributed by atoms with van der Waals surface area (Å²) >= 11 is 0. The fraction of sp³-hybridized carbons (Fsp3) is 0.562. The van der Waals surface area contributed by atoms with Gasteiger partial charge in [0.1, 0.15) is 6.61 Å². The van der Waals surface area contributed by atoms with Gasteiger partial charge in [0.2, 0.25) is 6.04 Å². The molecule has 1 rings (SSSR count). The summed E-state index contributed by atoms with van der Waals surface area (Å²) in [6.07, 6.45) is 5.82. The number of nitrogens with one attached hydrogen (secondary N) is 1. The summed E-state index contributed by atoms with van der Waals surface area (Å²) in [7, 11) is 0. The zero-order chi connectivity index (χ0) is 17.2. The molecule has 130 valence electrons. The van der Waals surface area contributed by atoms with E-state index >= 15 is 0 Å². The number of hydrogen-bond acceptors (Lipinski definition) is 6. The lowest BCUT2D eigenvalue weighted by atomic mass is 9.94. The monoisotopic (exact) mass is 327 g/mol.